The first-order chi connectivity index (χ1) is 8.20. The highest BCUT2D eigenvalue weighted by atomic mass is 35.5. The molecule has 0 aliphatic carbocycles. The van der Waals surface area contributed by atoms with Crippen molar-refractivity contribution in [3.05, 3.63) is 44.3 Å². The molecule has 0 amide bonds. The molecule has 3 nitrogen and oxygen atoms in total. The Hall–Kier alpha value is -0.810. The number of aliphatic hydroxyl groups excluding tert-OH is 1. The molecule has 0 atom stereocenters. The van der Waals surface area contributed by atoms with E-state index in [2.05, 4.69) is 4.98 Å². The van der Waals surface area contributed by atoms with Crippen molar-refractivity contribution >= 4 is 34.5 Å². The minimum Gasteiger partial charge on any atom is -0.486 e. The maximum atomic E-state index is 9.22. The number of halogens is 2. The fraction of sp³-hybridized carbons (Fsp3) is 0.182. The summed E-state index contributed by atoms with van der Waals surface area (Å²) in [5.41, 5.74) is 2.31. The van der Waals surface area contributed by atoms with Crippen LogP contribution in [0.1, 0.15) is 10.4 Å². The smallest absolute Gasteiger partial charge is 0.144 e. The molecule has 0 fully saturated rings. The van der Waals surface area contributed by atoms with Gasteiger partial charge in [0.2, 0.25) is 0 Å². The summed E-state index contributed by atoms with van der Waals surface area (Å²) in [4.78, 5) is 4.93. The molecule has 1 aromatic heterocycles. The van der Waals surface area contributed by atoms with Gasteiger partial charge in [-0.3, -0.25) is 4.98 Å². The fourth-order valence-electron chi connectivity index (χ4n) is 1.35. The molecule has 0 aliphatic heterocycles. The van der Waals surface area contributed by atoms with E-state index in [0.29, 0.717) is 28.0 Å². The van der Waals surface area contributed by atoms with Crippen LogP contribution in [0.3, 0.4) is 0 Å². The van der Waals surface area contributed by atoms with Crippen LogP contribution in [0.2, 0.25) is 10.0 Å². The van der Waals surface area contributed by atoms with Crippen molar-refractivity contribution in [1.82, 2.24) is 4.98 Å². The lowest BCUT2D eigenvalue weighted by atomic mass is 10.2. The van der Waals surface area contributed by atoms with Gasteiger partial charge in [0.15, 0.2) is 0 Å². The molecular formula is C11H9Cl2NO2S. The van der Waals surface area contributed by atoms with Crippen LogP contribution in [0, 0.1) is 0 Å². The number of nitrogens with zero attached hydrogens (tertiary/aromatic N) is 1. The molecule has 1 N–H and O–H groups in total. The first kappa shape index (κ1) is 12.6. The number of ether oxygens (including phenoxy) is 1. The van der Waals surface area contributed by atoms with Gasteiger partial charge in [0.25, 0.3) is 0 Å². The summed E-state index contributed by atoms with van der Waals surface area (Å²) in [5.74, 6) is 0.465. The van der Waals surface area contributed by atoms with E-state index in [1.165, 1.54) is 11.3 Å². The average molecular weight is 290 g/mol. The van der Waals surface area contributed by atoms with Crippen LogP contribution in [-0.4, -0.2) is 10.1 Å². The predicted molar refractivity (Wildman–Crippen MR) is 68.8 cm³/mol. The van der Waals surface area contributed by atoms with Gasteiger partial charge >= 0.3 is 0 Å². The topological polar surface area (TPSA) is 42.4 Å². The number of rotatable bonds is 4. The van der Waals surface area contributed by atoms with Gasteiger partial charge in [-0.2, -0.15) is 0 Å². The molecule has 17 heavy (non-hydrogen) atoms. The molecule has 90 valence electrons. The van der Waals surface area contributed by atoms with Crippen molar-refractivity contribution < 1.29 is 9.84 Å². The molecule has 1 aromatic carbocycles. The third kappa shape index (κ3) is 3.10. The summed E-state index contributed by atoms with van der Waals surface area (Å²) >= 11 is 13.4. The number of aromatic nitrogens is 1. The molecule has 0 unspecified atom stereocenters. The fourth-order valence-corrected chi connectivity index (χ4v) is 2.45. The SMILES string of the molecule is OCc1cc(Cl)cc(Cl)c1OCc1cncs1. The zero-order valence-electron chi connectivity index (χ0n) is 8.69. The Morgan fingerprint density at radius 1 is 1.35 bits per heavy atom. The Morgan fingerprint density at radius 2 is 2.18 bits per heavy atom. The lowest BCUT2D eigenvalue weighted by Crippen LogP contribution is -1.98. The van der Waals surface area contributed by atoms with Crippen LogP contribution in [-0.2, 0) is 13.2 Å². The molecule has 0 aliphatic rings. The van der Waals surface area contributed by atoms with Gasteiger partial charge in [0, 0.05) is 16.8 Å². The second-order valence-corrected chi connectivity index (χ2v) is 5.10. The van der Waals surface area contributed by atoms with Crippen LogP contribution in [0.5, 0.6) is 5.75 Å². The molecule has 6 heteroatoms. The van der Waals surface area contributed by atoms with E-state index < -0.39 is 0 Å². The van der Waals surface area contributed by atoms with Gasteiger partial charge in [-0.25, -0.2) is 0 Å². The minimum atomic E-state index is -0.168. The molecule has 1 heterocycles. The van der Waals surface area contributed by atoms with Gasteiger partial charge in [-0.15, -0.1) is 11.3 Å². The minimum absolute atomic E-state index is 0.168. The second-order valence-electron chi connectivity index (χ2n) is 3.29. The maximum absolute atomic E-state index is 9.22. The summed E-state index contributed by atoms with van der Waals surface area (Å²) in [6.45, 7) is 0.206. The van der Waals surface area contributed by atoms with Gasteiger partial charge in [-0.05, 0) is 12.1 Å². The van der Waals surface area contributed by atoms with E-state index in [0.717, 1.165) is 4.88 Å². The Labute approximate surface area is 113 Å². The van der Waals surface area contributed by atoms with Crippen molar-refractivity contribution in [2.45, 2.75) is 13.2 Å². The lowest BCUT2D eigenvalue weighted by Gasteiger charge is -2.11. The van der Waals surface area contributed by atoms with E-state index in [4.69, 9.17) is 27.9 Å². The predicted octanol–water partition coefficient (Wildman–Crippen LogP) is 3.52. The highest BCUT2D eigenvalue weighted by Gasteiger charge is 2.10. The Bertz CT molecular complexity index is 502. The lowest BCUT2D eigenvalue weighted by molar-refractivity contribution is 0.260. The Balaban J connectivity index is 2.19. The van der Waals surface area contributed by atoms with Crippen LogP contribution >= 0.6 is 34.5 Å². The van der Waals surface area contributed by atoms with Crippen molar-refractivity contribution in [2.24, 2.45) is 0 Å². The molecule has 0 saturated carbocycles. The number of benzene rings is 1. The molecule has 2 rings (SSSR count). The summed E-state index contributed by atoms with van der Waals surface area (Å²) in [6.07, 6.45) is 1.73. The van der Waals surface area contributed by atoms with Crippen LogP contribution < -0.4 is 4.74 Å². The standard InChI is InChI=1S/C11H9Cl2NO2S/c12-8-1-7(4-15)11(10(13)2-8)16-5-9-3-14-6-17-9/h1-3,6,15H,4-5H2. The van der Waals surface area contributed by atoms with Crippen LogP contribution in [0.4, 0.5) is 0 Å². The molecule has 0 saturated heterocycles. The van der Waals surface area contributed by atoms with E-state index >= 15 is 0 Å². The third-order valence-corrected chi connectivity index (χ3v) is 3.35. The van der Waals surface area contributed by atoms with E-state index in [1.54, 1.807) is 23.8 Å². The summed E-state index contributed by atoms with van der Waals surface area (Å²) in [7, 11) is 0. The van der Waals surface area contributed by atoms with Crippen molar-refractivity contribution in [1.29, 1.82) is 0 Å². The average Bonchev–Trinajstić information content (AvgIpc) is 2.79. The third-order valence-electron chi connectivity index (χ3n) is 2.10. The van der Waals surface area contributed by atoms with Crippen molar-refractivity contribution in [2.75, 3.05) is 0 Å². The number of hydrogen-bond acceptors (Lipinski definition) is 4. The molecular weight excluding hydrogens is 281 g/mol. The molecule has 2 aromatic rings. The van der Waals surface area contributed by atoms with Gasteiger partial charge in [0.1, 0.15) is 12.4 Å². The quantitative estimate of drug-likeness (QED) is 0.936. The second kappa shape index (κ2) is 5.69. The van der Waals surface area contributed by atoms with E-state index in [-0.39, 0.29) is 6.61 Å². The monoisotopic (exact) mass is 289 g/mol. The first-order valence-corrected chi connectivity index (χ1v) is 6.43. The number of aliphatic hydroxyl groups is 1. The number of thiazole rings is 1. The largest absolute Gasteiger partial charge is 0.486 e. The molecule has 0 bridgehead atoms. The van der Waals surface area contributed by atoms with Crippen molar-refractivity contribution in [3.63, 3.8) is 0 Å². The van der Waals surface area contributed by atoms with Crippen LogP contribution in [0.15, 0.2) is 23.8 Å². The normalized spacial score (nSPS) is 10.5. The highest BCUT2D eigenvalue weighted by molar-refractivity contribution is 7.09. The summed E-state index contributed by atoms with van der Waals surface area (Å²) in [6, 6.07) is 3.22. The van der Waals surface area contributed by atoms with Gasteiger partial charge < -0.3 is 9.84 Å². The zero-order chi connectivity index (χ0) is 12.3. The molecule has 0 spiro atoms. The maximum Gasteiger partial charge on any atom is 0.144 e. The Kier molecular flexibility index (Phi) is 4.23. The summed E-state index contributed by atoms with van der Waals surface area (Å²) < 4.78 is 5.58. The number of hydrogen-bond donors (Lipinski definition) is 1. The van der Waals surface area contributed by atoms with Gasteiger partial charge in [0.05, 0.1) is 22.0 Å². The van der Waals surface area contributed by atoms with E-state index in [9.17, 15) is 5.11 Å². The van der Waals surface area contributed by atoms with Crippen LogP contribution in [0.25, 0.3) is 0 Å². The first-order valence-electron chi connectivity index (χ1n) is 4.79. The zero-order valence-corrected chi connectivity index (χ0v) is 11.0. The van der Waals surface area contributed by atoms with E-state index in [1.807, 2.05) is 0 Å². The Morgan fingerprint density at radius 3 is 2.82 bits per heavy atom. The highest BCUT2D eigenvalue weighted by Crippen LogP contribution is 2.33. The summed E-state index contributed by atoms with van der Waals surface area (Å²) in [5, 5.41) is 10.1. The van der Waals surface area contributed by atoms with Crippen molar-refractivity contribution in [3.8, 4) is 5.75 Å². The van der Waals surface area contributed by atoms with Gasteiger partial charge in [-0.1, -0.05) is 23.2 Å². The molecule has 0 radical (unpaired) electrons.